The summed E-state index contributed by atoms with van der Waals surface area (Å²) in [4.78, 5) is -0.373. The topological polar surface area (TPSA) is 64.6 Å². The van der Waals surface area contributed by atoms with E-state index in [9.17, 15) is 34.8 Å². The molecule has 0 aromatic heterocycles. The zero-order valence-electron chi connectivity index (χ0n) is 14.8. The van der Waals surface area contributed by atoms with Gasteiger partial charge in [-0.15, -0.1) is 0 Å². The van der Waals surface area contributed by atoms with E-state index in [0.717, 1.165) is 12.1 Å². The molecule has 0 radical (unpaired) electrons. The molecule has 0 aliphatic carbocycles. The van der Waals surface area contributed by atoms with Gasteiger partial charge in [0.25, 0.3) is 10.0 Å². The summed E-state index contributed by atoms with van der Waals surface area (Å²) in [7, 11) is -2.98. The van der Waals surface area contributed by atoms with Crippen molar-refractivity contribution in [1.82, 2.24) is 0 Å². The Labute approximate surface area is 162 Å². The highest BCUT2D eigenvalue weighted by molar-refractivity contribution is 7.92. The largest absolute Gasteiger partial charge is 0.491 e. The SMILES string of the molecule is COCCOc1ccc(S(=O)(=O)Nc2cc(C(F)(F)F)cc(C(F)(F)F)c2)cc1. The van der Waals surface area contributed by atoms with Gasteiger partial charge in [-0.3, -0.25) is 4.72 Å². The first-order valence-electron chi connectivity index (χ1n) is 7.87. The Balaban J connectivity index is 2.31. The molecule has 0 bridgehead atoms. The molecule has 0 spiro atoms. The second-order valence-electron chi connectivity index (χ2n) is 5.71. The Morgan fingerprint density at radius 2 is 1.38 bits per heavy atom. The van der Waals surface area contributed by atoms with Crippen LogP contribution in [0.1, 0.15) is 11.1 Å². The smallest absolute Gasteiger partial charge is 0.416 e. The molecule has 0 atom stereocenters. The zero-order chi connectivity index (χ0) is 21.9. The van der Waals surface area contributed by atoms with Gasteiger partial charge in [-0.2, -0.15) is 26.3 Å². The van der Waals surface area contributed by atoms with E-state index in [1.54, 1.807) is 4.72 Å². The van der Waals surface area contributed by atoms with Gasteiger partial charge >= 0.3 is 12.4 Å². The van der Waals surface area contributed by atoms with Crippen LogP contribution in [0.5, 0.6) is 5.75 Å². The summed E-state index contributed by atoms with van der Waals surface area (Å²) in [6, 6.07) is 5.26. The van der Waals surface area contributed by atoms with E-state index in [4.69, 9.17) is 9.47 Å². The van der Waals surface area contributed by atoms with E-state index < -0.39 is 39.2 Å². The van der Waals surface area contributed by atoms with Gasteiger partial charge in [0.2, 0.25) is 0 Å². The lowest BCUT2D eigenvalue weighted by atomic mass is 10.1. The van der Waals surface area contributed by atoms with Crippen LogP contribution in [0.4, 0.5) is 32.0 Å². The number of alkyl halides is 6. The fourth-order valence-corrected chi connectivity index (χ4v) is 3.23. The Morgan fingerprint density at radius 1 is 0.862 bits per heavy atom. The predicted molar refractivity (Wildman–Crippen MR) is 91.1 cm³/mol. The predicted octanol–water partition coefficient (Wildman–Crippen LogP) is 4.55. The van der Waals surface area contributed by atoms with Gasteiger partial charge in [0.05, 0.1) is 28.3 Å². The molecular formula is C17H15F6NO4S. The molecule has 0 aliphatic rings. The van der Waals surface area contributed by atoms with E-state index in [1.807, 2.05) is 0 Å². The minimum absolute atomic E-state index is 0.0933. The number of rotatable bonds is 7. The van der Waals surface area contributed by atoms with Gasteiger partial charge < -0.3 is 9.47 Å². The van der Waals surface area contributed by atoms with Crippen molar-refractivity contribution < 1.29 is 44.2 Å². The average Bonchev–Trinajstić information content (AvgIpc) is 2.60. The van der Waals surface area contributed by atoms with Crippen molar-refractivity contribution >= 4 is 15.7 Å². The number of methoxy groups -OCH3 is 1. The first-order chi connectivity index (χ1) is 13.3. The molecule has 0 amide bonds. The first kappa shape index (κ1) is 22.8. The Morgan fingerprint density at radius 3 is 1.83 bits per heavy atom. The molecule has 2 aromatic carbocycles. The summed E-state index contributed by atoms with van der Waals surface area (Å²) in [5.74, 6) is 0.305. The molecule has 0 saturated heterocycles. The summed E-state index contributed by atoms with van der Waals surface area (Å²) in [6.07, 6.45) is -10.2. The molecule has 5 nitrogen and oxygen atoms in total. The van der Waals surface area contributed by atoms with Crippen LogP contribution in [0.2, 0.25) is 0 Å². The molecule has 29 heavy (non-hydrogen) atoms. The van der Waals surface area contributed by atoms with Crippen molar-refractivity contribution in [3.8, 4) is 5.75 Å². The van der Waals surface area contributed by atoms with Crippen LogP contribution in [-0.2, 0) is 27.1 Å². The highest BCUT2D eigenvalue weighted by Crippen LogP contribution is 2.38. The highest BCUT2D eigenvalue weighted by atomic mass is 32.2. The minimum Gasteiger partial charge on any atom is -0.491 e. The van der Waals surface area contributed by atoms with E-state index in [1.165, 1.54) is 19.2 Å². The lowest BCUT2D eigenvalue weighted by molar-refractivity contribution is -0.143. The maximum atomic E-state index is 12.9. The number of sulfonamides is 1. The van der Waals surface area contributed by atoms with Crippen LogP contribution < -0.4 is 9.46 Å². The van der Waals surface area contributed by atoms with Crippen LogP contribution in [0, 0.1) is 0 Å². The second-order valence-corrected chi connectivity index (χ2v) is 7.40. The van der Waals surface area contributed by atoms with Crippen LogP contribution >= 0.6 is 0 Å². The third-order valence-electron chi connectivity index (χ3n) is 3.53. The molecule has 2 aromatic rings. The molecule has 0 fully saturated rings. The maximum Gasteiger partial charge on any atom is 0.416 e. The highest BCUT2D eigenvalue weighted by Gasteiger charge is 2.37. The van der Waals surface area contributed by atoms with Crippen LogP contribution in [0.3, 0.4) is 0 Å². The Hall–Kier alpha value is -2.47. The number of anilines is 1. The van der Waals surface area contributed by atoms with E-state index in [0.29, 0.717) is 12.4 Å². The number of benzene rings is 2. The van der Waals surface area contributed by atoms with Crippen LogP contribution in [0.25, 0.3) is 0 Å². The van der Waals surface area contributed by atoms with Crippen molar-refractivity contribution in [2.75, 3.05) is 25.0 Å². The number of nitrogens with one attached hydrogen (secondary N) is 1. The monoisotopic (exact) mass is 443 g/mol. The lowest BCUT2D eigenvalue weighted by Gasteiger charge is -2.15. The summed E-state index contributed by atoms with van der Waals surface area (Å²) in [5, 5.41) is 0. The van der Waals surface area contributed by atoms with E-state index in [2.05, 4.69) is 0 Å². The maximum absolute atomic E-state index is 12.9. The third kappa shape index (κ3) is 6.26. The van der Waals surface area contributed by atoms with Gasteiger partial charge in [0.1, 0.15) is 12.4 Å². The van der Waals surface area contributed by atoms with Crippen molar-refractivity contribution in [1.29, 1.82) is 0 Å². The molecule has 0 heterocycles. The summed E-state index contributed by atoms with van der Waals surface area (Å²) < 4.78 is 114. The van der Waals surface area contributed by atoms with Crippen LogP contribution in [0.15, 0.2) is 47.4 Å². The number of halogens is 6. The Bertz CT molecular complexity index is 908. The van der Waals surface area contributed by atoms with Crippen molar-refractivity contribution in [3.05, 3.63) is 53.6 Å². The third-order valence-corrected chi connectivity index (χ3v) is 4.93. The van der Waals surface area contributed by atoms with E-state index in [-0.39, 0.29) is 29.7 Å². The molecule has 0 aliphatic heterocycles. The molecule has 0 unspecified atom stereocenters. The van der Waals surface area contributed by atoms with Crippen molar-refractivity contribution in [2.45, 2.75) is 17.2 Å². The van der Waals surface area contributed by atoms with Crippen molar-refractivity contribution in [2.24, 2.45) is 0 Å². The normalized spacial score (nSPS) is 12.7. The van der Waals surface area contributed by atoms with E-state index >= 15 is 0 Å². The second kappa shape index (κ2) is 8.49. The fraction of sp³-hybridized carbons (Fsp3) is 0.294. The van der Waals surface area contributed by atoms with Gasteiger partial charge in [-0.25, -0.2) is 8.42 Å². The average molecular weight is 443 g/mol. The number of ether oxygens (including phenoxy) is 2. The zero-order valence-corrected chi connectivity index (χ0v) is 15.6. The lowest BCUT2D eigenvalue weighted by Crippen LogP contribution is -2.16. The van der Waals surface area contributed by atoms with Gasteiger partial charge in [-0.05, 0) is 42.5 Å². The standard InChI is InChI=1S/C17H15F6NO4S/c1-27-6-7-28-14-2-4-15(5-3-14)29(25,26)24-13-9-11(16(18,19)20)8-12(10-13)17(21,22)23/h2-5,8-10,24H,6-7H2,1H3. The van der Waals surface area contributed by atoms with Crippen LogP contribution in [-0.4, -0.2) is 28.7 Å². The number of hydrogen-bond donors (Lipinski definition) is 1. The molecule has 12 heteroatoms. The summed E-state index contributed by atoms with van der Waals surface area (Å²) >= 11 is 0. The molecule has 2 rings (SSSR count). The summed E-state index contributed by atoms with van der Waals surface area (Å²) in [6.45, 7) is 0.490. The van der Waals surface area contributed by atoms with Gasteiger partial charge in [-0.1, -0.05) is 0 Å². The van der Waals surface area contributed by atoms with Gasteiger partial charge in [0.15, 0.2) is 0 Å². The molecular weight excluding hydrogens is 428 g/mol. The number of hydrogen-bond acceptors (Lipinski definition) is 4. The molecule has 1 N–H and O–H groups in total. The fourth-order valence-electron chi connectivity index (χ4n) is 2.19. The summed E-state index contributed by atoms with van der Waals surface area (Å²) in [5.41, 5.74) is -4.13. The molecule has 0 saturated carbocycles. The molecule has 160 valence electrons. The quantitative estimate of drug-likeness (QED) is 0.504. The van der Waals surface area contributed by atoms with Gasteiger partial charge in [0, 0.05) is 7.11 Å². The minimum atomic E-state index is -5.09. The van der Waals surface area contributed by atoms with Crippen molar-refractivity contribution in [3.63, 3.8) is 0 Å². The first-order valence-corrected chi connectivity index (χ1v) is 9.35. The Kier molecular flexibility index (Phi) is 6.68.